The van der Waals surface area contributed by atoms with Gasteiger partial charge in [0.1, 0.15) is 5.82 Å². The lowest BCUT2D eigenvalue weighted by Crippen LogP contribution is -2.20. The molecule has 0 aliphatic heterocycles. The van der Waals surface area contributed by atoms with E-state index >= 15 is 0 Å². The van der Waals surface area contributed by atoms with E-state index in [2.05, 4.69) is 4.98 Å². The van der Waals surface area contributed by atoms with Crippen molar-refractivity contribution in [2.45, 2.75) is 18.7 Å². The Hall–Kier alpha value is -2.51. The molecule has 1 aromatic heterocycles. The number of fused-ring (bicyclic) bond motifs is 1. The summed E-state index contributed by atoms with van der Waals surface area (Å²) < 4.78 is 24.7. The first-order chi connectivity index (χ1) is 11.2. The Kier molecular flexibility index (Phi) is 3.77. The Morgan fingerprint density at radius 3 is 2.46 bits per heavy atom. The average molecular weight is 343 g/mol. The summed E-state index contributed by atoms with van der Waals surface area (Å²) in [6, 6.07) is 10.0. The second kappa shape index (κ2) is 5.54. The highest BCUT2D eigenvalue weighted by Gasteiger charge is 2.13. The monoisotopic (exact) mass is 343 g/mol. The maximum absolute atomic E-state index is 12.5. The van der Waals surface area contributed by atoms with E-state index in [0.29, 0.717) is 22.3 Å². The van der Waals surface area contributed by atoms with Crippen LogP contribution in [0.1, 0.15) is 11.4 Å². The molecular formula is C17H17N3O3S. The number of aromatic nitrogens is 2. The molecular weight excluding hydrogens is 326 g/mol. The smallest absolute Gasteiger partial charge is 0.261 e. The third-order valence-corrected chi connectivity index (χ3v) is 5.06. The Balaban J connectivity index is 2.30. The summed E-state index contributed by atoms with van der Waals surface area (Å²) in [6.45, 7) is 3.65. The number of hydrogen-bond acceptors (Lipinski definition) is 4. The number of sulfonamides is 1. The van der Waals surface area contributed by atoms with Crippen LogP contribution < -0.4 is 10.7 Å². The number of benzene rings is 2. The fraction of sp³-hybridized carbons (Fsp3) is 0.176. The molecule has 0 aliphatic carbocycles. The molecule has 0 saturated carbocycles. The van der Waals surface area contributed by atoms with Gasteiger partial charge in [0.05, 0.1) is 15.8 Å². The quantitative estimate of drug-likeness (QED) is 0.768. The minimum absolute atomic E-state index is 0.0399. The van der Waals surface area contributed by atoms with Crippen molar-refractivity contribution < 1.29 is 8.42 Å². The van der Waals surface area contributed by atoms with Crippen molar-refractivity contribution in [3.05, 3.63) is 58.1 Å². The molecule has 1 heterocycles. The van der Waals surface area contributed by atoms with Gasteiger partial charge < -0.3 is 0 Å². The summed E-state index contributed by atoms with van der Waals surface area (Å²) in [6.07, 6.45) is 0. The summed E-state index contributed by atoms with van der Waals surface area (Å²) in [5.41, 5.74) is 2.82. The van der Waals surface area contributed by atoms with E-state index in [4.69, 9.17) is 5.14 Å². The molecule has 6 nitrogen and oxygen atoms in total. The van der Waals surface area contributed by atoms with Gasteiger partial charge in [0.15, 0.2) is 0 Å². The van der Waals surface area contributed by atoms with Crippen molar-refractivity contribution >= 4 is 20.9 Å². The second-order valence-electron chi connectivity index (χ2n) is 5.78. The number of nitrogens with zero attached hydrogens (tertiary/aromatic N) is 2. The van der Waals surface area contributed by atoms with Gasteiger partial charge in [-0.1, -0.05) is 12.1 Å². The van der Waals surface area contributed by atoms with Gasteiger partial charge in [-0.15, -0.1) is 0 Å². The van der Waals surface area contributed by atoms with Crippen LogP contribution in [-0.2, 0) is 17.1 Å². The van der Waals surface area contributed by atoms with Crippen molar-refractivity contribution in [2.75, 3.05) is 0 Å². The summed E-state index contributed by atoms with van der Waals surface area (Å²) in [5, 5.41) is 5.70. The molecule has 0 spiro atoms. The zero-order valence-electron chi connectivity index (χ0n) is 13.6. The molecule has 3 aromatic rings. The fourth-order valence-corrected chi connectivity index (χ4v) is 3.18. The molecule has 0 radical (unpaired) electrons. The topological polar surface area (TPSA) is 95.1 Å². The van der Waals surface area contributed by atoms with Crippen molar-refractivity contribution in [3.63, 3.8) is 0 Å². The molecule has 124 valence electrons. The molecule has 24 heavy (non-hydrogen) atoms. The largest absolute Gasteiger partial charge is 0.299 e. The van der Waals surface area contributed by atoms with Crippen molar-refractivity contribution in [1.82, 2.24) is 9.55 Å². The van der Waals surface area contributed by atoms with Gasteiger partial charge in [0.2, 0.25) is 10.0 Å². The van der Waals surface area contributed by atoms with E-state index < -0.39 is 10.0 Å². The van der Waals surface area contributed by atoms with Crippen LogP contribution in [0.5, 0.6) is 0 Å². The van der Waals surface area contributed by atoms with E-state index in [1.807, 2.05) is 13.0 Å². The zero-order chi connectivity index (χ0) is 17.6. The highest BCUT2D eigenvalue weighted by atomic mass is 32.2. The van der Waals surface area contributed by atoms with Gasteiger partial charge in [-0.25, -0.2) is 18.5 Å². The number of nitrogens with two attached hydrogens (primary N) is 1. The third kappa shape index (κ3) is 2.72. The fourth-order valence-electron chi connectivity index (χ4n) is 2.64. The van der Waals surface area contributed by atoms with Crippen LogP contribution in [0.3, 0.4) is 0 Å². The molecule has 0 aliphatic rings. The van der Waals surface area contributed by atoms with Crippen molar-refractivity contribution in [1.29, 1.82) is 0 Å². The first-order valence-corrected chi connectivity index (χ1v) is 8.84. The minimum atomic E-state index is -3.79. The number of aryl methyl sites for hydroxylation is 2. The van der Waals surface area contributed by atoms with Crippen molar-refractivity contribution in [3.8, 4) is 11.1 Å². The lowest BCUT2D eigenvalue weighted by molar-refractivity contribution is 0.598. The standard InChI is InChI=1S/C17H17N3O3S/c1-10-4-6-13(24(18,22)23)9-14(10)12-5-7-16-15(8-12)17(21)20(3)11(2)19-16/h4-9H,1-3H3,(H2,18,22,23). The Morgan fingerprint density at radius 2 is 1.79 bits per heavy atom. The van der Waals surface area contributed by atoms with E-state index in [9.17, 15) is 13.2 Å². The summed E-state index contributed by atoms with van der Waals surface area (Å²) >= 11 is 0. The summed E-state index contributed by atoms with van der Waals surface area (Å²) in [4.78, 5) is 16.9. The van der Waals surface area contributed by atoms with Crippen LogP contribution in [0.4, 0.5) is 0 Å². The first-order valence-electron chi connectivity index (χ1n) is 7.29. The Morgan fingerprint density at radius 1 is 1.08 bits per heavy atom. The van der Waals surface area contributed by atoms with E-state index in [0.717, 1.165) is 11.1 Å². The average Bonchev–Trinajstić information content (AvgIpc) is 2.52. The minimum Gasteiger partial charge on any atom is -0.299 e. The highest BCUT2D eigenvalue weighted by Crippen LogP contribution is 2.27. The predicted molar refractivity (Wildman–Crippen MR) is 93.3 cm³/mol. The second-order valence-corrected chi connectivity index (χ2v) is 7.34. The molecule has 0 fully saturated rings. The van der Waals surface area contributed by atoms with Gasteiger partial charge >= 0.3 is 0 Å². The molecule has 2 aromatic carbocycles. The maximum atomic E-state index is 12.5. The van der Waals surface area contributed by atoms with E-state index in [1.54, 1.807) is 32.2 Å². The molecule has 3 rings (SSSR count). The third-order valence-electron chi connectivity index (χ3n) is 4.15. The van der Waals surface area contributed by atoms with Gasteiger partial charge in [-0.2, -0.15) is 0 Å². The van der Waals surface area contributed by atoms with Crippen LogP contribution in [0.25, 0.3) is 22.0 Å². The van der Waals surface area contributed by atoms with Crippen molar-refractivity contribution in [2.24, 2.45) is 12.2 Å². The molecule has 7 heteroatoms. The molecule has 2 N–H and O–H groups in total. The molecule has 0 atom stereocenters. The Bertz CT molecular complexity index is 1130. The Labute approximate surface area is 139 Å². The summed E-state index contributed by atoms with van der Waals surface area (Å²) in [7, 11) is -2.12. The van der Waals surface area contributed by atoms with Crippen LogP contribution in [0, 0.1) is 13.8 Å². The molecule has 0 saturated heterocycles. The lowest BCUT2D eigenvalue weighted by Gasteiger charge is -2.10. The van der Waals surface area contributed by atoms with Gasteiger partial charge in [0, 0.05) is 7.05 Å². The highest BCUT2D eigenvalue weighted by molar-refractivity contribution is 7.89. The first kappa shape index (κ1) is 16.4. The lowest BCUT2D eigenvalue weighted by atomic mass is 9.99. The maximum Gasteiger partial charge on any atom is 0.261 e. The number of hydrogen-bond donors (Lipinski definition) is 1. The van der Waals surface area contributed by atoms with E-state index in [1.165, 1.54) is 16.7 Å². The zero-order valence-corrected chi connectivity index (χ0v) is 14.4. The molecule has 0 bridgehead atoms. The van der Waals surface area contributed by atoms with Crippen LogP contribution in [0.15, 0.2) is 46.1 Å². The number of primary sulfonamides is 1. The van der Waals surface area contributed by atoms with E-state index in [-0.39, 0.29) is 10.5 Å². The molecule has 0 unspecified atom stereocenters. The van der Waals surface area contributed by atoms with Crippen LogP contribution in [-0.4, -0.2) is 18.0 Å². The summed E-state index contributed by atoms with van der Waals surface area (Å²) in [5.74, 6) is 0.632. The van der Waals surface area contributed by atoms with Crippen LogP contribution >= 0.6 is 0 Å². The molecule has 0 amide bonds. The van der Waals surface area contributed by atoms with Crippen LogP contribution in [0.2, 0.25) is 0 Å². The number of rotatable bonds is 2. The van der Waals surface area contributed by atoms with Gasteiger partial charge in [-0.3, -0.25) is 9.36 Å². The SMILES string of the molecule is Cc1ccc(S(N)(=O)=O)cc1-c1ccc2nc(C)n(C)c(=O)c2c1. The van der Waals surface area contributed by atoms with Gasteiger partial charge in [0.25, 0.3) is 5.56 Å². The predicted octanol–water partition coefficient (Wildman–Crippen LogP) is 1.86. The van der Waals surface area contributed by atoms with Gasteiger partial charge in [-0.05, 0) is 54.8 Å². The normalized spacial score (nSPS) is 11.8.